The highest BCUT2D eigenvalue weighted by Crippen LogP contribution is 2.31. The van der Waals surface area contributed by atoms with Crippen LogP contribution in [0.1, 0.15) is 33.1 Å². The first kappa shape index (κ1) is 15.3. The number of benzene rings is 1. The van der Waals surface area contributed by atoms with E-state index >= 15 is 0 Å². The van der Waals surface area contributed by atoms with Crippen LogP contribution in [0.15, 0.2) is 29.2 Å². The van der Waals surface area contributed by atoms with Crippen molar-refractivity contribution in [2.45, 2.75) is 49.6 Å². The number of hydrogen-bond donors (Lipinski definition) is 1. The molecule has 1 aliphatic rings. The van der Waals surface area contributed by atoms with Gasteiger partial charge in [-0.15, -0.1) is 0 Å². The molecule has 1 heterocycles. The molecule has 2 unspecified atom stereocenters. The van der Waals surface area contributed by atoms with Gasteiger partial charge in [0.15, 0.2) is 9.84 Å². The van der Waals surface area contributed by atoms with Gasteiger partial charge in [-0.1, -0.05) is 19.1 Å². The molecular weight excluding hydrogens is 274 g/mol. The van der Waals surface area contributed by atoms with Crippen LogP contribution in [0.4, 0.5) is 5.69 Å². The van der Waals surface area contributed by atoms with E-state index in [-0.39, 0.29) is 11.6 Å². The Morgan fingerprint density at radius 3 is 2.75 bits per heavy atom. The summed E-state index contributed by atoms with van der Waals surface area (Å²) in [6, 6.07) is 7.33. The quantitative estimate of drug-likeness (QED) is 0.928. The molecule has 0 spiro atoms. The number of ether oxygens (including phenoxy) is 1. The largest absolute Gasteiger partial charge is 0.381 e. The molecule has 1 N–H and O–H groups in total. The molecule has 1 fully saturated rings. The second-order valence-electron chi connectivity index (χ2n) is 5.75. The molecule has 0 saturated carbocycles. The number of anilines is 1. The van der Waals surface area contributed by atoms with Crippen molar-refractivity contribution in [2.24, 2.45) is 0 Å². The molecule has 0 bridgehead atoms. The van der Waals surface area contributed by atoms with E-state index in [1.54, 1.807) is 12.1 Å². The molecule has 2 atom stereocenters. The van der Waals surface area contributed by atoms with Crippen molar-refractivity contribution in [2.75, 3.05) is 18.2 Å². The summed E-state index contributed by atoms with van der Waals surface area (Å²) < 4.78 is 29.5. The molecule has 1 aromatic carbocycles. The average Bonchev–Trinajstić information content (AvgIpc) is 2.38. The predicted molar refractivity (Wildman–Crippen MR) is 80.8 cm³/mol. The summed E-state index contributed by atoms with van der Waals surface area (Å²) in [4.78, 5) is 0.365. The van der Waals surface area contributed by atoms with E-state index in [4.69, 9.17) is 4.74 Å². The molecular formula is C15H23NO3S. The Balaban J connectivity index is 2.19. The van der Waals surface area contributed by atoms with Crippen LogP contribution < -0.4 is 5.32 Å². The van der Waals surface area contributed by atoms with Crippen molar-refractivity contribution >= 4 is 15.5 Å². The smallest absolute Gasteiger partial charge is 0.177 e. The Hall–Kier alpha value is -1.07. The number of para-hydroxylation sites is 1. The molecule has 0 amide bonds. The van der Waals surface area contributed by atoms with E-state index in [1.807, 2.05) is 12.1 Å². The molecule has 5 heteroatoms. The summed E-state index contributed by atoms with van der Waals surface area (Å²) in [6.45, 7) is 4.94. The fraction of sp³-hybridized carbons (Fsp3) is 0.600. The first-order chi connectivity index (χ1) is 9.34. The van der Waals surface area contributed by atoms with Crippen LogP contribution in [-0.4, -0.2) is 32.9 Å². The standard InChI is InChI=1S/C15H23NO3S/c1-4-15(2)11-12(9-10-19-15)16-13-7-5-6-8-14(13)20(3,17)18/h5-8,12,16H,4,9-11H2,1-3H3. The molecule has 0 aromatic heterocycles. The Kier molecular flexibility index (Phi) is 4.39. The highest BCUT2D eigenvalue weighted by molar-refractivity contribution is 7.90. The Morgan fingerprint density at radius 2 is 2.10 bits per heavy atom. The predicted octanol–water partition coefficient (Wildman–Crippen LogP) is 2.85. The topological polar surface area (TPSA) is 55.4 Å². The highest BCUT2D eigenvalue weighted by atomic mass is 32.2. The van der Waals surface area contributed by atoms with Gasteiger partial charge >= 0.3 is 0 Å². The first-order valence-electron chi connectivity index (χ1n) is 7.04. The minimum absolute atomic E-state index is 0.115. The summed E-state index contributed by atoms with van der Waals surface area (Å²) in [5.41, 5.74) is 0.580. The van der Waals surface area contributed by atoms with Crippen LogP contribution in [0, 0.1) is 0 Å². The van der Waals surface area contributed by atoms with Gasteiger partial charge in [-0.05, 0) is 38.3 Å². The van der Waals surface area contributed by atoms with E-state index in [1.165, 1.54) is 6.26 Å². The van der Waals surface area contributed by atoms with Crippen LogP contribution in [0.3, 0.4) is 0 Å². The van der Waals surface area contributed by atoms with Crippen molar-refractivity contribution in [1.82, 2.24) is 0 Å². The van der Waals surface area contributed by atoms with Gasteiger partial charge in [-0.2, -0.15) is 0 Å². The zero-order valence-electron chi connectivity index (χ0n) is 12.3. The lowest BCUT2D eigenvalue weighted by Crippen LogP contribution is -2.42. The monoisotopic (exact) mass is 297 g/mol. The molecule has 4 nitrogen and oxygen atoms in total. The average molecular weight is 297 g/mol. The summed E-state index contributed by atoms with van der Waals surface area (Å²) >= 11 is 0. The maximum atomic E-state index is 11.8. The molecule has 112 valence electrons. The van der Waals surface area contributed by atoms with Crippen molar-refractivity contribution in [1.29, 1.82) is 0 Å². The van der Waals surface area contributed by atoms with Gasteiger partial charge in [0.05, 0.1) is 16.2 Å². The third-order valence-corrected chi connectivity index (χ3v) is 5.14. The molecule has 1 saturated heterocycles. The summed E-state index contributed by atoms with van der Waals surface area (Å²) in [5.74, 6) is 0. The number of rotatable bonds is 4. The van der Waals surface area contributed by atoms with Gasteiger partial charge < -0.3 is 10.1 Å². The first-order valence-corrected chi connectivity index (χ1v) is 8.93. The minimum Gasteiger partial charge on any atom is -0.381 e. The maximum absolute atomic E-state index is 11.8. The molecule has 0 aliphatic carbocycles. The second-order valence-corrected chi connectivity index (χ2v) is 7.74. The number of hydrogen-bond acceptors (Lipinski definition) is 4. The summed E-state index contributed by atoms with van der Waals surface area (Å²) in [6.07, 6.45) is 3.99. The lowest BCUT2D eigenvalue weighted by atomic mass is 9.90. The fourth-order valence-corrected chi connectivity index (χ4v) is 3.48. The van der Waals surface area contributed by atoms with Crippen molar-refractivity contribution in [3.05, 3.63) is 24.3 Å². The van der Waals surface area contributed by atoms with E-state index in [2.05, 4.69) is 19.2 Å². The van der Waals surface area contributed by atoms with Crippen molar-refractivity contribution in [3.63, 3.8) is 0 Å². The SMILES string of the molecule is CCC1(C)CC(Nc2ccccc2S(C)(=O)=O)CCO1. The normalized spacial score (nSPS) is 27.2. The van der Waals surface area contributed by atoms with Gasteiger partial charge in [-0.25, -0.2) is 8.42 Å². The second kappa shape index (κ2) is 5.74. The van der Waals surface area contributed by atoms with Crippen LogP contribution in [0.5, 0.6) is 0 Å². The summed E-state index contributed by atoms with van der Waals surface area (Å²) in [5, 5.41) is 3.39. The zero-order valence-corrected chi connectivity index (χ0v) is 13.2. The lowest BCUT2D eigenvalue weighted by molar-refractivity contribution is -0.0709. The van der Waals surface area contributed by atoms with Gasteiger partial charge in [0, 0.05) is 18.9 Å². The van der Waals surface area contributed by atoms with Crippen LogP contribution in [0.2, 0.25) is 0 Å². The van der Waals surface area contributed by atoms with E-state index in [0.29, 0.717) is 17.2 Å². The zero-order chi connectivity index (χ0) is 14.8. The third-order valence-electron chi connectivity index (χ3n) is 3.99. The van der Waals surface area contributed by atoms with Crippen molar-refractivity contribution < 1.29 is 13.2 Å². The van der Waals surface area contributed by atoms with Gasteiger partial charge in [0.25, 0.3) is 0 Å². The van der Waals surface area contributed by atoms with Gasteiger partial charge in [0.1, 0.15) is 0 Å². The van der Waals surface area contributed by atoms with Crippen LogP contribution >= 0.6 is 0 Å². The highest BCUT2D eigenvalue weighted by Gasteiger charge is 2.32. The van der Waals surface area contributed by atoms with Crippen LogP contribution in [-0.2, 0) is 14.6 Å². The Morgan fingerprint density at radius 1 is 1.40 bits per heavy atom. The Labute approximate surface area is 121 Å². The number of sulfone groups is 1. The van der Waals surface area contributed by atoms with Crippen molar-refractivity contribution in [3.8, 4) is 0 Å². The van der Waals surface area contributed by atoms with E-state index in [9.17, 15) is 8.42 Å². The molecule has 1 aliphatic heterocycles. The number of nitrogens with one attached hydrogen (secondary N) is 1. The molecule has 1 aromatic rings. The Bertz CT molecular complexity index is 570. The minimum atomic E-state index is -3.21. The summed E-state index contributed by atoms with van der Waals surface area (Å²) in [7, 11) is -3.21. The fourth-order valence-electron chi connectivity index (χ4n) is 2.63. The maximum Gasteiger partial charge on any atom is 0.177 e. The van der Waals surface area contributed by atoms with Gasteiger partial charge in [0.2, 0.25) is 0 Å². The van der Waals surface area contributed by atoms with Gasteiger partial charge in [-0.3, -0.25) is 0 Å². The lowest BCUT2D eigenvalue weighted by Gasteiger charge is -2.38. The van der Waals surface area contributed by atoms with E-state index in [0.717, 1.165) is 19.3 Å². The molecule has 2 rings (SSSR count). The molecule has 20 heavy (non-hydrogen) atoms. The van der Waals surface area contributed by atoms with E-state index < -0.39 is 9.84 Å². The molecule has 0 radical (unpaired) electrons. The van der Waals surface area contributed by atoms with Crippen LogP contribution in [0.25, 0.3) is 0 Å². The third kappa shape index (κ3) is 3.52.